The van der Waals surface area contributed by atoms with Crippen LogP contribution in [0.2, 0.25) is 0 Å². The van der Waals surface area contributed by atoms with Gasteiger partial charge in [-0.2, -0.15) is 0 Å². The van der Waals surface area contributed by atoms with E-state index in [9.17, 15) is 4.79 Å². The third kappa shape index (κ3) is 3.21. The van der Waals surface area contributed by atoms with Crippen LogP contribution in [-0.2, 0) is 13.5 Å². The number of pyridine rings is 2. The molecule has 0 spiro atoms. The Morgan fingerprint density at radius 3 is 2.70 bits per heavy atom. The fourth-order valence-electron chi connectivity index (χ4n) is 4.09. The number of anilines is 2. The fourth-order valence-corrected chi connectivity index (χ4v) is 4.95. The van der Waals surface area contributed by atoms with E-state index in [4.69, 9.17) is 4.98 Å². The number of thiazole rings is 1. The molecule has 0 saturated carbocycles. The molecule has 0 unspecified atom stereocenters. The first-order valence-corrected chi connectivity index (χ1v) is 11.2. The Balaban J connectivity index is 1.52. The summed E-state index contributed by atoms with van der Waals surface area (Å²) in [4.78, 5) is 23.8. The van der Waals surface area contributed by atoms with Crippen LogP contribution in [0.5, 0.6) is 0 Å². The molecule has 6 heteroatoms. The summed E-state index contributed by atoms with van der Waals surface area (Å²) in [5.74, 6) is 0.421. The van der Waals surface area contributed by atoms with Crippen molar-refractivity contribution in [2.45, 2.75) is 32.6 Å². The molecule has 1 aliphatic heterocycles. The van der Waals surface area contributed by atoms with Gasteiger partial charge in [-0.05, 0) is 60.7 Å². The first kappa shape index (κ1) is 19.0. The monoisotopic (exact) mass is 416 g/mol. The van der Waals surface area contributed by atoms with Gasteiger partial charge >= 0.3 is 4.87 Å². The molecule has 5 rings (SSSR count). The molecule has 4 aromatic rings. The summed E-state index contributed by atoms with van der Waals surface area (Å²) >= 11 is 1.29. The molecule has 0 radical (unpaired) electrons. The normalized spacial score (nSPS) is 13.8. The van der Waals surface area contributed by atoms with E-state index >= 15 is 0 Å². The van der Waals surface area contributed by atoms with E-state index < -0.39 is 0 Å². The van der Waals surface area contributed by atoms with Gasteiger partial charge in [0.2, 0.25) is 0 Å². The van der Waals surface area contributed by atoms with Crippen LogP contribution in [0.3, 0.4) is 0 Å². The molecule has 1 aromatic carbocycles. The summed E-state index contributed by atoms with van der Waals surface area (Å²) < 4.78 is 2.75. The van der Waals surface area contributed by atoms with Gasteiger partial charge in [0.1, 0.15) is 0 Å². The molecule has 0 aliphatic carbocycles. The Morgan fingerprint density at radius 2 is 1.93 bits per heavy atom. The van der Waals surface area contributed by atoms with Crippen molar-refractivity contribution >= 4 is 32.9 Å². The quantitative estimate of drug-likeness (QED) is 0.457. The highest BCUT2D eigenvalue weighted by Crippen LogP contribution is 2.36. The van der Waals surface area contributed by atoms with E-state index in [2.05, 4.69) is 60.1 Å². The first-order chi connectivity index (χ1) is 14.5. The average Bonchev–Trinajstić information content (AvgIpc) is 3.06. The number of fused-ring (bicyclic) bond motifs is 2. The van der Waals surface area contributed by atoms with Crippen molar-refractivity contribution in [3.05, 3.63) is 69.7 Å². The number of nitrogens with zero attached hydrogens (tertiary/aromatic N) is 4. The predicted octanol–water partition coefficient (Wildman–Crippen LogP) is 5.26. The minimum Gasteiger partial charge on any atom is -0.340 e. The van der Waals surface area contributed by atoms with Gasteiger partial charge in [0.05, 0.1) is 27.8 Å². The van der Waals surface area contributed by atoms with Crippen LogP contribution in [0.4, 0.5) is 11.4 Å². The highest BCUT2D eigenvalue weighted by molar-refractivity contribution is 7.16. The lowest BCUT2D eigenvalue weighted by atomic mass is 10.00. The summed E-state index contributed by atoms with van der Waals surface area (Å²) in [5, 5.41) is 0. The molecular weight excluding hydrogens is 392 g/mol. The molecule has 0 atom stereocenters. The van der Waals surface area contributed by atoms with Gasteiger partial charge in [0.15, 0.2) is 0 Å². The Labute approximate surface area is 179 Å². The first-order valence-electron chi connectivity index (χ1n) is 10.3. The Morgan fingerprint density at radius 1 is 1.07 bits per heavy atom. The molecule has 4 heterocycles. The number of hydrogen-bond acceptors (Lipinski definition) is 5. The summed E-state index contributed by atoms with van der Waals surface area (Å²) in [6.45, 7) is 5.25. The Kier molecular flexibility index (Phi) is 4.66. The smallest absolute Gasteiger partial charge is 0.307 e. The lowest BCUT2D eigenvalue weighted by Crippen LogP contribution is -2.24. The van der Waals surface area contributed by atoms with Crippen LogP contribution in [0.1, 0.15) is 37.4 Å². The highest BCUT2D eigenvalue weighted by Gasteiger charge is 2.20. The van der Waals surface area contributed by atoms with Crippen LogP contribution in [0, 0.1) is 0 Å². The van der Waals surface area contributed by atoms with Crippen molar-refractivity contribution in [1.82, 2.24) is 14.5 Å². The number of hydrogen-bond donors (Lipinski definition) is 0. The van der Waals surface area contributed by atoms with Gasteiger partial charge in [-0.3, -0.25) is 14.8 Å². The zero-order valence-corrected chi connectivity index (χ0v) is 18.2. The summed E-state index contributed by atoms with van der Waals surface area (Å²) in [6.07, 6.45) is 6.03. The largest absolute Gasteiger partial charge is 0.340 e. The van der Waals surface area contributed by atoms with E-state index in [0.29, 0.717) is 5.92 Å². The van der Waals surface area contributed by atoms with E-state index in [1.807, 2.05) is 19.4 Å². The van der Waals surface area contributed by atoms with Crippen molar-refractivity contribution in [1.29, 1.82) is 0 Å². The standard InChI is InChI=1S/C24H24N4OS/c1-15(2)19-8-6-17(13-25-19)20-11-16-5-4-10-28(22(16)14-26-20)18-7-9-23-21(12-18)27(3)24(29)30-23/h6-9,11-15H,4-5,10H2,1-3H3. The molecule has 1 aliphatic rings. The van der Waals surface area contributed by atoms with E-state index in [0.717, 1.165) is 57.9 Å². The van der Waals surface area contributed by atoms with Crippen LogP contribution < -0.4 is 9.77 Å². The second-order valence-electron chi connectivity index (χ2n) is 8.16. The van der Waals surface area contributed by atoms with Gasteiger partial charge in [-0.15, -0.1) is 0 Å². The molecule has 0 saturated heterocycles. The number of rotatable bonds is 3. The molecule has 0 bridgehead atoms. The molecule has 30 heavy (non-hydrogen) atoms. The second kappa shape index (κ2) is 7.36. The third-order valence-corrected chi connectivity index (χ3v) is 6.86. The second-order valence-corrected chi connectivity index (χ2v) is 9.15. The van der Waals surface area contributed by atoms with E-state index in [1.54, 1.807) is 4.57 Å². The molecule has 152 valence electrons. The maximum Gasteiger partial charge on any atom is 0.307 e. The molecule has 5 nitrogen and oxygen atoms in total. The van der Waals surface area contributed by atoms with Crippen molar-refractivity contribution in [2.75, 3.05) is 11.4 Å². The topological polar surface area (TPSA) is 51.0 Å². The van der Waals surface area contributed by atoms with Crippen LogP contribution in [0.15, 0.2) is 53.6 Å². The van der Waals surface area contributed by atoms with Gasteiger partial charge < -0.3 is 9.47 Å². The minimum atomic E-state index is 0.0737. The maximum absolute atomic E-state index is 12.0. The third-order valence-electron chi connectivity index (χ3n) is 5.84. The van der Waals surface area contributed by atoms with Gasteiger partial charge in [-0.1, -0.05) is 25.2 Å². The van der Waals surface area contributed by atoms with Crippen LogP contribution in [-0.4, -0.2) is 21.1 Å². The van der Waals surface area contributed by atoms with Crippen molar-refractivity contribution < 1.29 is 0 Å². The average molecular weight is 417 g/mol. The van der Waals surface area contributed by atoms with Crippen LogP contribution in [0.25, 0.3) is 21.5 Å². The zero-order valence-electron chi connectivity index (χ0n) is 17.4. The molecule has 0 amide bonds. The van der Waals surface area contributed by atoms with E-state index in [-0.39, 0.29) is 4.87 Å². The lowest BCUT2D eigenvalue weighted by molar-refractivity contribution is 0.764. The molecule has 0 fully saturated rings. The van der Waals surface area contributed by atoms with Crippen molar-refractivity contribution in [3.8, 4) is 11.3 Å². The van der Waals surface area contributed by atoms with Crippen LogP contribution >= 0.6 is 11.3 Å². The summed E-state index contributed by atoms with van der Waals surface area (Å²) in [7, 11) is 1.83. The van der Waals surface area contributed by atoms with Gasteiger partial charge in [0, 0.05) is 36.7 Å². The van der Waals surface area contributed by atoms with Gasteiger partial charge in [0.25, 0.3) is 0 Å². The number of aromatic nitrogens is 3. The summed E-state index contributed by atoms with van der Waals surface area (Å²) in [5.41, 5.74) is 7.66. The maximum atomic E-state index is 12.0. The lowest BCUT2D eigenvalue weighted by Gasteiger charge is -2.31. The summed E-state index contributed by atoms with van der Waals surface area (Å²) in [6, 6.07) is 12.7. The fraction of sp³-hybridized carbons (Fsp3) is 0.292. The number of benzene rings is 1. The predicted molar refractivity (Wildman–Crippen MR) is 124 cm³/mol. The SMILES string of the molecule is CC(C)c1ccc(-c2cc3c(cn2)N(c2ccc4sc(=O)n(C)c4c2)CCC3)cn1. The van der Waals surface area contributed by atoms with Crippen molar-refractivity contribution in [2.24, 2.45) is 7.05 Å². The van der Waals surface area contributed by atoms with E-state index in [1.165, 1.54) is 16.9 Å². The highest BCUT2D eigenvalue weighted by atomic mass is 32.1. The van der Waals surface area contributed by atoms with Gasteiger partial charge in [-0.25, -0.2) is 0 Å². The molecular formula is C24H24N4OS. The Hall–Kier alpha value is -2.99. The zero-order chi connectivity index (χ0) is 20.8. The molecule has 0 N–H and O–H groups in total. The number of aryl methyl sites for hydroxylation is 2. The molecule has 3 aromatic heterocycles. The minimum absolute atomic E-state index is 0.0737. The van der Waals surface area contributed by atoms with Crippen molar-refractivity contribution in [3.63, 3.8) is 0 Å². The Bertz CT molecular complexity index is 1290.